The van der Waals surface area contributed by atoms with Crippen LogP contribution in [0.4, 0.5) is 0 Å². The summed E-state index contributed by atoms with van der Waals surface area (Å²) in [6.07, 6.45) is 6.68. The van der Waals surface area contributed by atoms with E-state index < -0.39 is 5.60 Å². The van der Waals surface area contributed by atoms with E-state index in [4.69, 9.17) is 9.47 Å². The molecule has 1 aromatic rings. The molecule has 1 aliphatic rings. The van der Waals surface area contributed by atoms with Crippen molar-refractivity contribution in [3.05, 3.63) is 35.4 Å². The molecule has 0 heterocycles. The average Bonchev–Trinajstić information content (AvgIpc) is 2.60. The van der Waals surface area contributed by atoms with E-state index in [-0.39, 0.29) is 12.2 Å². The average molecular weight is 330 g/mol. The third-order valence-electron chi connectivity index (χ3n) is 5.03. The van der Waals surface area contributed by atoms with Crippen LogP contribution in [0, 0.1) is 24.7 Å². The van der Waals surface area contributed by atoms with Crippen molar-refractivity contribution in [3.63, 3.8) is 0 Å². The lowest BCUT2D eigenvalue weighted by Crippen LogP contribution is -2.39. The van der Waals surface area contributed by atoms with Crippen molar-refractivity contribution < 1.29 is 14.6 Å². The summed E-state index contributed by atoms with van der Waals surface area (Å²) >= 11 is 0. The van der Waals surface area contributed by atoms with E-state index >= 15 is 0 Å². The first-order valence-corrected chi connectivity index (χ1v) is 8.95. The van der Waals surface area contributed by atoms with Gasteiger partial charge in [0.25, 0.3) is 0 Å². The van der Waals surface area contributed by atoms with Crippen LogP contribution in [-0.4, -0.2) is 31.2 Å². The summed E-state index contributed by atoms with van der Waals surface area (Å²) in [4.78, 5) is 0. The summed E-state index contributed by atoms with van der Waals surface area (Å²) < 4.78 is 10.5. The molecule has 3 heteroatoms. The summed E-state index contributed by atoms with van der Waals surface area (Å²) in [6.45, 7) is 2.06. The molecule has 1 aliphatic carbocycles. The molecule has 0 saturated heterocycles. The van der Waals surface area contributed by atoms with Crippen LogP contribution in [-0.2, 0) is 9.47 Å². The molecule has 2 rings (SSSR count). The molecule has 0 bridgehead atoms. The zero-order valence-electron chi connectivity index (χ0n) is 15.2. The smallest absolute Gasteiger partial charge is 0.156 e. The SMILES string of the molecule is COC(CCC[C@H]1CCCC[C@]1(O)C#Cc1ccc(C)cc1)OC. The third-order valence-corrected chi connectivity index (χ3v) is 5.03. The Hall–Kier alpha value is -1.34. The topological polar surface area (TPSA) is 38.7 Å². The molecule has 0 aromatic heterocycles. The molecule has 1 fully saturated rings. The fourth-order valence-electron chi connectivity index (χ4n) is 3.46. The van der Waals surface area contributed by atoms with Gasteiger partial charge in [0.15, 0.2) is 6.29 Å². The highest BCUT2D eigenvalue weighted by atomic mass is 16.7. The van der Waals surface area contributed by atoms with Gasteiger partial charge < -0.3 is 14.6 Å². The lowest BCUT2D eigenvalue weighted by atomic mass is 9.73. The zero-order valence-corrected chi connectivity index (χ0v) is 15.2. The van der Waals surface area contributed by atoms with Crippen LogP contribution >= 0.6 is 0 Å². The maximum absolute atomic E-state index is 11.1. The second-order valence-corrected chi connectivity index (χ2v) is 6.81. The quantitative estimate of drug-likeness (QED) is 0.631. The Morgan fingerprint density at radius 3 is 2.58 bits per heavy atom. The molecule has 0 spiro atoms. The van der Waals surface area contributed by atoms with E-state index in [2.05, 4.69) is 30.9 Å². The van der Waals surface area contributed by atoms with Crippen molar-refractivity contribution in [2.24, 2.45) is 5.92 Å². The first kappa shape index (κ1) is 19.0. The monoisotopic (exact) mass is 330 g/mol. The van der Waals surface area contributed by atoms with Gasteiger partial charge in [-0.05, 0) is 63.5 Å². The summed E-state index contributed by atoms with van der Waals surface area (Å²) in [5.74, 6) is 6.61. The van der Waals surface area contributed by atoms with Crippen LogP contribution in [0.3, 0.4) is 0 Å². The third kappa shape index (κ3) is 5.34. The number of hydrogen-bond acceptors (Lipinski definition) is 3. The lowest BCUT2D eigenvalue weighted by Gasteiger charge is -2.36. The summed E-state index contributed by atoms with van der Waals surface area (Å²) in [5, 5.41) is 11.1. The van der Waals surface area contributed by atoms with E-state index in [1.165, 1.54) is 12.0 Å². The Labute approximate surface area is 146 Å². The summed E-state index contributed by atoms with van der Waals surface area (Å²) in [6, 6.07) is 8.15. The Morgan fingerprint density at radius 2 is 1.92 bits per heavy atom. The van der Waals surface area contributed by atoms with Crippen LogP contribution in [0.2, 0.25) is 0 Å². The number of hydrogen-bond donors (Lipinski definition) is 1. The molecular weight excluding hydrogens is 300 g/mol. The first-order chi connectivity index (χ1) is 11.6. The molecule has 0 radical (unpaired) electrons. The van der Waals surface area contributed by atoms with Gasteiger partial charge in [-0.2, -0.15) is 0 Å². The van der Waals surface area contributed by atoms with Crippen molar-refractivity contribution in [2.75, 3.05) is 14.2 Å². The normalized spacial score (nSPS) is 23.8. The molecule has 1 aromatic carbocycles. The molecule has 2 atom stereocenters. The predicted molar refractivity (Wildman–Crippen MR) is 96.6 cm³/mol. The first-order valence-electron chi connectivity index (χ1n) is 8.95. The molecule has 24 heavy (non-hydrogen) atoms. The number of aryl methyl sites for hydroxylation is 1. The fourth-order valence-corrected chi connectivity index (χ4v) is 3.46. The van der Waals surface area contributed by atoms with E-state index in [1.807, 2.05) is 12.1 Å². The van der Waals surface area contributed by atoms with E-state index in [0.717, 1.165) is 44.1 Å². The minimum Gasteiger partial charge on any atom is -0.377 e. The van der Waals surface area contributed by atoms with Gasteiger partial charge in [0.2, 0.25) is 0 Å². The Morgan fingerprint density at radius 1 is 1.21 bits per heavy atom. The van der Waals surface area contributed by atoms with Crippen molar-refractivity contribution in [1.29, 1.82) is 0 Å². The van der Waals surface area contributed by atoms with Gasteiger partial charge in [-0.3, -0.25) is 0 Å². The minimum absolute atomic E-state index is 0.152. The highest BCUT2D eigenvalue weighted by Crippen LogP contribution is 2.37. The Kier molecular flexibility index (Phi) is 7.30. The van der Waals surface area contributed by atoms with Crippen molar-refractivity contribution in [2.45, 2.75) is 63.8 Å². The van der Waals surface area contributed by atoms with Gasteiger partial charge >= 0.3 is 0 Å². The molecule has 0 aliphatic heterocycles. The maximum atomic E-state index is 11.1. The lowest BCUT2D eigenvalue weighted by molar-refractivity contribution is -0.108. The predicted octanol–water partition coefficient (Wildman–Crippen LogP) is 4.06. The van der Waals surface area contributed by atoms with Crippen LogP contribution in [0.1, 0.15) is 56.1 Å². The van der Waals surface area contributed by atoms with Crippen molar-refractivity contribution in [1.82, 2.24) is 0 Å². The summed E-state index contributed by atoms with van der Waals surface area (Å²) in [7, 11) is 3.33. The highest BCUT2D eigenvalue weighted by Gasteiger charge is 2.37. The molecule has 0 unspecified atom stereocenters. The van der Waals surface area contributed by atoms with Crippen LogP contribution in [0.25, 0.3) is 0 Å². The number of benzene rings is 1. The number of aliphatic hydroxyl groups is 1. The molecule has 132 valence electrons. The number of ether oxygens (including phenoxy) is 2. The molecule has 0 amide bonds. The zero-order chi connectivity index (χ0) is 17.4. The van der Waals surface area contributed by atoms with E-state index in [9.17, 15) is 5.11 Å². The highest BCUT2D eigenvalue weighted by molar-refractivity contribution is 5.38. The summed E-state index contributed by atoms with van der Waals surface area (Å²) in [5.41, 5.74) is 1.33. The number of methoxy groups -OCH3 is 2. The fraction of sp³-hybridized carbons (Fsp3) is 0.619. The molecular formula is C21H30O3. The maximum Gasteiger partial charge on any atom is 0.156 e. The van der Waals surface area contributed by atoms with Gasteiger partial charge in [0.1, 0.15) is 5.60 Å². The molecule has 3 nitrogen and oxygen atoms in total. The van der Waals surface area contributed by atoms with Gasteiger partial charge in [-0.1, -0.05) is 36.0 Å². The van der Waals surface area contributed by atoms with Gasteiger partial charge in [0, 0.05) is 19.8 Å². The molecule has 1 N–H and O–H groups in total. The molecule has 1 saturated carbocycles. The van der Waals surface area contributed by atoms with Crippen LogP contribution < -0.4 is 0 Å². The second-order valence-electron chi connectivity index (χ2n) is 6.81. The van der Waals surface area contributed by atoms with E-state index in [0.29, 0.717) is 0 Å². The second kappa shape index (κ2) is 9.22. The Balaban J connectivity index is 2.00. The standard InChI is InChI=1S/C21H30O3/c1-17-10-12-18(13-11-17)14-16-21(22)15-5-4-7-19(21)8-6-9-20(23-2)24-3/h10-13,19-20,22H,4-9,15H2,1-3H3/t19-,21+/m1/s1. The van der Waals surface area contributed by atoms with Gasteiger partial charge in [-0.25, -0.2) is 0 Å². The van der Waals surface area contributed by atoms with Crippen molar-refractivity contribution in [3.8, 4) is 11.8 Å². The van der Waals surface area contributed by atoms with Crippen LogP contribution in [0.15, 0.2) is 24.3 Å². The van der Waals surface area contributed by atoms with E-state index in [1.54, 1.807) is 14.2 Å². The largest absolute Gasteiger partial charge is 0.377 e. The van der Waals surface area contributed by atoms with Gasteiger partial charge in [0.05, 0.1) is 0 Å². The number of rotatable bonds is 6. The minimum atomic E-state index is -0.862. The van der Waals surface area contributed by atoms with Crippen LogP contribution in [0.5, 0.6) is 0 Å². The van der Waals surface area contributed by atoms with Crippen molar-refractivity contribution >= 4 is 0 Å². The van der Waals surface area contributed by atoms with Gasteiger partial charge in [-0.15, -0.1) is 0 Å². The Bertz CT molecular complexity index is 551.